The summed E-state index contributed by atoms with van der Waals surface area (Å²) in [5.41, 5.74) is 8.52. The normalized spacial score (nSPS) is 10.3. The SMILES string of the molecule is Cc1ncnc(N)c1-c1ccc(Cl)cc1. The summed E-state index contributed by atoms with van der Waals surface area (Å²) >= 11 is 5.82. The van der Waals surface area contributed by atoms with Gasteiger partial charge in [-0.05, 0) is 24.6 Å². The molecular formula is C11H10ClN3. The Morgan fingerprint density at radius 2 is 1.80 bits per heavy atom. The van der Waals surface area contributed by atoms with Crippen molar-refractivity contribution in [2.45, 2.75) is 6.92 Å². The zero-order valence-electron chi connectivity index (χ0n) is 8.24. The molecule has 0 unspecified atom stereocenters. The molecule has 1 aromatic heterocycles. The van der Waals surface area contributed by atoms with E-state index in [0.29, 0.717) is 10.8 Å². The van der Waals surface area contributed by atoms with E-state index < -0.39 is 0 Å². The average molecular weight is 220 g/mol. The van der Waals surface area contributed by atoms with Crippen molar-refractivity contribution in [3.05, 3.63) is 41.3 Å². The average Bonchev–Trinajstić information content (AvgIpc) is 2.20. The van der Waals surface area contributed by atoms with Crippen LogP contribution < -0.4 is 5.73 Å². The molecule has 15 heavy (non-hydrogen) atoms. The van der Waals surface area contributed by atoms with Crippen LogP contribution in [0.1, 0.15) is 5.69 Å². The number of aryl methyl sites for hydroxylation is 1. The number of aromatic nitrogens is 2. The number of hydrogen-bond donors (Lipinski definition) is 1. The maximum absolute atomic E-state index is 5.82. The number of nitrogen functional groups attached to an aromatic ring is 1. The van der Waals surface area contributed by atoms with Gasteiger partial charge in [-0.15, -0.1) is 0 Å². The first-order valence-electron chi connectivity index (χ1n) is 4.51. The fourth-order valence-electron chi connectivity index (χ4n) is 1.47. The lowest BCUT2D eigenvalue weighted by Gasteiger charge is -2.07. The van der Waals surface area contributed by atoms with Crippen LogP contribution in [0.2, 0.25) is 5.02 Å². The number of halogens is 1. The van der Waals surface area contributed by atoms with Crippen LogP contribution in [-0.2, 0) is 0 Å². The Kier molecular flexibility index (Phi) is 2.56. The summed E-state index contributed by atoms with van der Waals surface area (Å²) in [6.07, 6.45) is 1.46. The third-order valence-electron chi connectivity index (χ3n) is 2.20. The van der Waals surface area contributed by atoms with Crippen molar-refractivity contribution in [1.82, 2.24) is 9.97 Å². The largest absolute Gasteiger partial charge is 0.383 e. The molecule has 0 spiro atoms. The minimum absolute atomic E-state index is 0.491. The van der Waals surface area contributed by atoms with Crippen molar-refractivity contribution in [2.24, 2.45) is 0 Å². The van der Waals surface area contributed by atoms with Crippen LogP contribution in [0, 0.1) is 6.92 Å². The molecule has 1 aromatic carbocycles. The van der Waals surface area contributed by atoms with Gasteiger partial charge in [0.05, 0.1) is 5.69 Å². The fourth-order valence-corrected chi connectivity index (χ4v) is 1.59. The van der Waals surface area contributed by atoms with Crippen molar-refractivity contribution in [2.75, 3.05) is 5.73 Å². The van der Waals surface area contributed by atoms with Crippen LogP contribution in [0.25, 0.3) is 11.1 Å². The molecule has 2 rings (SSSR count). The van der Waals surface area contributed by atoms with Crippen LogP contribution in [0.15, 0.2) is 30.6 Å². The molecule has 76 valence electrons. The number of benzene rings is 1. The molecule has 0 saturated carbocycles. The van der Waals surface area contributed by atoms with Crippen LogP contribution in [0.5, 0.6) is 0 Å². The first kappa shape index (κ1) is 9.93. The van der Waals surface area contributed by atoms with Crippen molar-refractivity contribution < 1.29 is 0 Å². The van der Waals surface area contributed by atoms with E-state index in [9.17, 15) is 0 Å². The Hall–Kier alpha value is -1.61. The Morgan fingerprint density at radius 1 is 1.13 bits per heavy atom. The van der Waals surface area contributed by atoms with Crippen LogP contribution in [-0.4, -0.2) is 9.97 Å². The second-order valence-corrected chi connectivity index (χ2v) is 3.66. The third kappa shape index (κ3) is 1.92. The maximum atomic E-state index is 5.82. The number of rotatable bonds is 1. The van der Waals surface area contributed by atoms with E-state index in [2.05, 4.69) is 9.97 Å². The van der Waals surface area contributed by atoms with Gasteiger partial charge in [-0.25, -0.2) is 9.97 Å². The van der Waals surface area contributed by atoms with Crippen molar-refractivity contribution in [3.63, 3.8) is 0 Å². The van der Waals surface area contributed by atoms with Gasteiger partial charge < -0.3 is 5.73 Å². The highest BCUT2D eigenvalue weighted by Gasteiger charge is 2.07. The van der Waals surface area contributed by atoms with Gasteiger partial charge in [0.1, 0.15) is 12.1 Å². The predicted molar refractivity (Wildman–Crippen MR) is 61.6 cm³/mol. The number of nitrogens with zero attached hydrogens (tertiary/aromatic N) is 2. The molecule has 2 aromatic rings. The predicted octanol–water partition coefficient (Wildman–Crippen LogP) is 2.69. The molecule has 3 nitrogen and oxygen atoms in total. The van der Waals surface area contributed by atoms with Crippen molar-refractivity contribution in [1.29, 1.82) is 0 Å². The van der Waals surface area contributed by atoms with Crippen molar-refractivity contribution in [3.8, 4) is 11.1 Å². The Labute approximate surface area is 92.9 Å². The highest BCUT2D eigenvalue weighted by atomic mass is 35.5. The smallest absolute Gasteiger partial charge is 0.134 e. The number of anilines is 1. The molecule has 0 radical (unpaired) electrons. The summed E-state index contributed by atoms with van der Waals surface area (Å²) in [4.78, 5) is 8.09. The zero-order valence-corrected chi connectivity index (χ0v) is 8.99. The summed E-state index contributed by atoms with van der Waals surface area (Å²) in [6, 6.07) is 7.46. The van der Waals surface area contributed by atoms with Crippen LogP contribution in [0.4, 0.5) is 5.82 Å². The highest BCUT2D eigenvalue weighted by molar-refractivity contribution is 6.30. The standard InChI is InChI=1S/C11H10ClN3/c1-7-10(11(13)15-6-14-7)8-2-4-9(12)5-3-8/h2-6H,1H3,(H2,13,14,15). The van der Waals surface area contributed by atoms with Crippen molar-refractivity contribution >= 4 is 17.4 Å². The second-order valence-electron chi connectivity index (χ2n) is 3.23. The molecule has 0 fully saturated rings. The first-order valence-corrected chi connectivity index (χ1v) is 4.89. The van der Waals surface area contributed by atoms with Gasteiger partial charge in [0.15, 0.2) is 0 Å². The highest BCUT2D eigenvalue weighted by Crippen LogP contribution is 2.27. The summed E-state index contributed by atoms with van der Waals surface area (Å²) in [5, 5.41) is 0.701. The molecule has 2 N–H and O–H groups in total. The van der Waals surface area contributed by atoms with E-state index in [4.69, 9.17) is 17.3 Å². The molecule has 0 aliphatic carbocycles. The molecular weight excluding hydrogens is 210 g/mol. The van der Waals surface area contributed by atoms with Gasteiger partial charge in [0.2, 0.25) is 0 Å². The monoisotopic (exact) mass is 219 g/mol. The Bertz CT molecular complexity index is 459. The number of nitrogens with two attached hydrogens (primary N) is 1. The molecule has 1 heterocycles. The summed E-state index contributed by atoms with van der Waals surface area (Å²) in [7, 11) is 0. The molecule has 0 aliphatic rings. The Balaban J connectivity index is 2.58. The molecule has 4 heteroatoms. The van der Waals surface area contributed by atoms with Gasteiger partial charge in [-0.3, -0.25) is 0 Å². The fraction of sp³-hybridized carbons (Fsp3) is 0.0909. The van der Waals surface area contributed by atoms with Gasteiger partial charge >= 0.3 is 0 Å². The first-order chi connectivity index (χ1) is 7.18. The molecule has 0 atom stereocenters. The van der Waals surface area contributed by atoms with Crippen LogP contribution in [0.3, 0.4) is 0 Å². The van der Waals surface area contributed by atoms with Gasteiger partial charge in [-0.1, -0.05) is 23.7 Å². The summed E-state index contributed by atoms with van der Waals surface area (Å²) in [5.74, 6) is 0.491. The molecule has 0 saturated heterocycles. The molecule has 0 amide bonds. The lowest BCUT2D eigenvalue weighted by Crippen LogP contribution is -1.98. The zero-order chi connectivity index (χ0) is 10.8. The maximum Gasteiger partial charge on any atom is 0.134 e. The molecule has 0 aliphatic heterocycles. The topological polar surface area (TPSA) is 51.8 Å². The lowest BCUT2D eigenvalue weighted by atomic mass is 10.1. The summed E-state index contributed by atoms with van der Waals surface area (Å²) in [6.45, 7) is 1.90. The minimum Gasteiger partial charge on any atom is -0.383 e. The molecule has 0 bridgehead atoms. The van der Waals surface area contributed by atoms with E-state index in [0.717, 1.165) is 16.8 Å². The minimum atomic E-state index is 0.491. The summed E-state index contributed by atoms with van der Waals surface area (Å²) < 4.78 is 0. The van der Waals surface area contributed by atoms with E-state index in [-0.39, 0.29) is 0 Å². The Morgan fingerprint density at radius 3 is 2.40 bits per heavy atom. The van der Waals surface area contributed by atoms with E-state index in [1.54, 1.807) is 0 Å². The quantitative estimate of drug-likeness (QED) is 0.802. The lowest BCUT2D eigenvalue weighted by molar-refractivity contribution is 1.11. The van der Waals surface area contributed by atoms with E-state index in [1.807, 2.05) is 31.2 Å². The van der Waals surface area contributed by atoms with Gasteiger partial charge in [0.25, 0.3) is 0 Å². The van der Waals surface area contributed by atoms with E-state index in [1.165, 1.54) is 6.33 Å². The number of hydrogen-bond acceptors (Lipinski definition) is 3. The second kappa shape index (κ2) is 3.87. The van der Waals surface area contributed by atoms with E-state index >= 15 is 0 Å². The third-order valence-corrected chi connectivity index (χ3v) is 2.45. The van der Waals surface area contributed by atoms with Crippen LogP contribution >= 0.6 is 11.6 Å². The van der Waals surface area contributed by atoms with Gasteiger partial charge in [-0.2, -0.15) is 0 Å². The van der Waals surface area contributed by atoms with Gasteiger partial charge in [0, 0.05) is 10.6 Å².